The highest BCUT2D eigenvalue weighted by atomic mass is 16.5. The number of benzene rings is 2. The van der Waals surface area contributed by atoms with Crippen molar-refractivity contribution in [1.29, 1.82) is 0 Å². The Kier molecular flexibility index (Phi) is 4.89. The van der Waals surface area contributed by atoms with Crippen LogP contribution in [0.4, 0.5) is 5.69 Å². The summed E-state index contributed by atoms with van der Waals surface area (Å²) in [5, 5.41) is 0. The van der Waals surface area contributed by atoms with Gasteiger partial charge in [0.15, 0.2) is 0 Å². The molecule has 2 heteroatoms. The fourth-order valence-corrected chi connectivity index (χ4v) is 2.32. The van der Waals surface area contributed by atoms with Gasteiger partial charge in [0.25, 0.3) is 0 Å². The molecule has 0 saturated carbocycles. The van der Waals surface area contributed by atoms with E-state index >= 15 is 0 Å². The Balaban J connectivity index is 2.16. The molecule has 0 saturated heterocycles. The Bertz CT molecular complexity index is 600. The van der Waals surface area contributed by atoms with Crippen molar-refractivity contribution in [3.8, 4) is 5.75 Å². The Hall–Kier alpha value is -1.96. The van der Waals surface area contributed by atoms with Crippen LogP contribution < -0.4 is 10.5 Å². The number of nitrogens with two attached hydrogens (primary N) is 1. The minimum atomic E-state index is 0.394. The van der Waals surface area contributed by atoms with E-state index in [1.54, 1.807) is 0 Å². The number of aryl methyl sites for hydroxylation is 2. The first-order chi connectivity index (χ1) is 10.0. The minimum Gasteiger partial charge on any atom is -0.489 e. The summed E-state index contributed by atoms with van der Waals surface area (Å²) in [6.45, 7) is 9.09. The summed E-state index contributed by atoms with van der Waals surface area (Å²) in [4.78, 5) is 0. The van der Waals surface area contributed by atoms with Crippen molar-refractivity contribution in [2.24, 2.45) is 0 Å². The van der Waals surface area contributed by atoms with Crippen molar-refractivity contribution in [3.63, 3.8) is 0 Å². The Morgan fingerprint density at radius 3 is 2.24 bits per heavy atom. The summed E-state index contributed by atoms with van der Waals surface area (Å²) in [7, 11) is 0. The quantitative estimate of drug-likeness (QED) is 0.797. The second-order valence-electron chi connectivity index (χ2n) is 5.86. The molecular formula is C19H25NO. The average molecular weight is 283 g/mol. The second-order valence-corrected chi connectivity index (χ2v) is 5.86. The molecule has 2 N–H and O–H groups in total. The Morgan fingerprint density at radius 1 is 1.05 bits per heavy atom. The van der Waals surface area contributed by atoms with Gasteiger partial charge in [-0.3, -0.25) is 0 Å². The maximum atomic E-state index is 6.04. The first-order valence-electron chi connectivity index (χ1n) is 7.62. The molecule has 2 aromatic carbocycles. The van der Waals surface area contributed by atoms with Crippen LogP contribution in [-0.4, -0.2) is 0 Å². The smallest absolute Gasteiger partial charge is 0.123 e. The lowest BCUT2D eigenvalue weighted by atomic mass is 9.99. The van der Waals surface area contributed by atoms with Crippen LogP contribution in [0.15, 0.2) is 36.4 Å². The van der Waals surface area contributed by atoms with Gasteiger partial charge in [0.05, 0.1) is 0 Å². The Labute approximate surface area is 127 Å². The number of ether oxygens (including phenoxy) is 1. The van der Waals surface area contributed by atoms with Crippen LogP contribution >= 0.6 is 0 Å². The van der Waals surface area contributed by atoms with Crippen molar-refractivity contribution in [2.45, 2.75) is 46.6 Å². The number of rotatable bonds is 5. The molecule has 0 bridgehead atoms. The van der Waals surface area contributed by atoms with E-state index < -0.39 is 0 Å². The zero-order valence-corrected chi connectivity index (χ0v) is 13.4. The largest absolute Gasteiger partial charge is 0.489 e. The van der Waals surface area contributed by atoms with E-state index in [-0.39, 0.29) is 0 Å². The summed E-state index contributed by atoms with van der Waals surface area (Å²) >= 11 is 0. The van der Waals surface area contributed by atoms with Crippen molar-refractivity contribution in [1.82, 2.24) is 0 Å². The molecule has 0 radical (unpaired) electrons. The molecule has 2 aromatic rings. The molecule has 2 nitrogen and oxygen atoms in total. The zero-order chi connectivity index (χ0) is 15.4. The normalized spacial score (nSPS) is 10.9. The Morgan fingerprint density at radius 2 is 1.67 bits per heavy atom. The molecule has 0 fully saturated rings. The molecule has 0 heterocycles. The van der Waals surface area contributed by atoms with Crippen LogP contribution in [0.25, 0.3) is 0 Å². The van der Waals surface area contributed by atoms with E-state index in [1.165, 1.54) is 16.7 Å². The standard InChI is InChI=1S/C19H25NO/c1-5-15-6-8-16(9-7-15)12-21-19-10-14(4)18(20)11-17(19)13(2)3/h6-11,13H,5,12,20H2,1-4H3. The summed E-state index contributed by atoms with van der Waals surface area (Å²) < 4.78 is 6.04. The zero-order valence-electron chi connectivity index (χ0n) is 13.4. The summed E-state index contributed by atoms with van der Waals surface area (Å²) in [5.74, 6) is 1.33. The lowest BCUT2D eigenvalue weighted by Gasteiger charge is -2.16. The van der Waals surface area contributed by atoms with Crippen LogP contribution in [0, 0.1) is 6.92 Å². The van der Waals surface area contributed by atoms with Gasteiger partial charge in [-0.25, -0.2) is 0 Å². The monoisotopic (exact) mass is 283 g/mol. The number of hydrogen-bond acceptors (Lipinski definition) is 2. The third-order valence-corrected chi connectivity index (χ3v) is 3.85. The number of hydrogen-bond donors (Lipinski definition) is 1. The van der Waals surface area contributed by atoms with Gasteiger partial charge in [-0.2, -0.15) is 0 Å². The second kappa shape index (κ2) is 6.66. The van der Waals surface area contributed by atoms with Crippen LogP contribution in [0.2, 0.25) is 0 Å². The highest BCUT2D eigenvalue weighted by molar-refractivity contribution is 5.55. The third-order valence-electron chi connectivity index (χ3n) is 3.85. The molecule has 0 spiro atoms. The van der Waals surface area contributed by atoms with Gasteiger partial charge in [-0.1, -0.05) is 45.0 Å². The van der Waals surface area contributed by atoms with Crippen molar-refractivity contribution in [3.05, 3.63) is 58.7 Å². The predicted octanol–water partition coefficient (Wildman–Crippen LogP) is 4.84. The fraction of sp³-hybridized carbons (Fsp3) is 0.368. The van der Waals surface area contributed by atoms with Gasteiger partial charge in [-0.05, 0) is 53.6 Å². The van der Waals surface area contributed by atoms with Crippen LogP contribution in [0.1, 0.15) is 48.9 Å². The lowest BCUT2D eigenvalue weighted by molar-refractivity contribution is 0.301. The SMILES string of the molecule is CCc1ccc(COc2cc(C)c(N)cc2C(C)C)cc1. The summed E-state index contributed by atoms with van der Waals surface area (Å²) in [5.41, 5.74) is 11.6. The van der Waals surface area contributed by atoms with Crippen molar-refractivity contribution < 1.29 is 4.74 Å². The molecule has 0 atom stereocenters. The predicted molar refractivity (Wildman–Crippen MR) is 89.8 cm³/mol. The van der Waals surface area contributed by atoms with Gasteiger partial charge < -0.3 is 10.5 Å². The van der Waals surface area contributed by atoms with Gasteiger partial charge in [0, 0.05) is 5.69 Å². The van der Waals surface area contributed by atoms with E-state index in [1.807, 2.05) is 19.1 Å². The average Bonchev–Trinajstić information content (AvgIpc) is 2.48. The highest BCUT2D eigenvalue weighted by Crippen LogP contribution is 2.31. The molecule has 0 aliphatic carbocycles. The van der Waals surface area contributed by atoms with Crippen LogP contribution in [-0.2, 0) is 13.0 Å². The van der Waals surface area contributed by atoms with Gasteiger partial charge in [0.1, 0.15) is 12.4 Å². The van der Waals surface area contributed by atoms with Gasteiger partial charge in [-0.15, -0.1) is 0 Å². The first-order valence-corrected chi connectivity index (χ1v) is 7.62. The first kappa shape index (κ1) is 15.4. The molecule has 0 aliphatic heterocycles. The molecular weight excluding hydrogens is 258 g/mol. The van der Waals surface area contributed by atoms with Crippen LogP contribution in [0.3, 0.4) is 0 Å². The van der Waals surface area contributed by atoms with E-state index in [2.05, 4.69) is 45.0 Å². The van der Waals surface area contributed by atoms with Gasteiger partial charge in [0.2, 0.25) is 0 Å². The van der Waals surface area contributed by atoms with Crippen molar-refractivity contribution in [2.75, 3.05) is 5.73 Å². The molecule has 0 unspecified atom stereocenters. The molecule has 21 heavy (non-hydrogen) atoms. The lowest BCUT2D eigenvalue weighted by Crippen LogP contribution is -2.02. The molecule has 2 rings (SSSR count). The third kappa shape index (κ3) is 3.78. The number of nitrogen functional groups attached to an aromatic ring is 1. The molecule has 112 valence electrons. The summed E-state index contributed by atoms with van der Waals surface area (Å²) in [6.07, 6.45) is 1.07. The fourth-order valence-electron chi connectivity index (χ4n) is 2.32. The van der Waals surface area contributed by atoms with Gasteiger partial charge >= 0.3 is 0 Å². The molecule has 0 aliphatic rings. The maximum absolute atomic E-state index is 6.04. The van der Waals surface area contributed by atoms with E-state index in [4.69, 9.17) is 10.5 Å². The maximum Gasteiger partial charge on any atom is 0.123 e. The molecule has 0 amide bonds. The van der Waals surface area contributed by atoms with E-state index in [0.29, 0.717) is 12.5 Å². The number of anilines is 1. The summed E-state index contributed by atoms with van der Waals surface area (Å²) in [6, 6.07) is 12.7. The van der Waals surface area contributed by atoms with E-state index in [0.717, 1.165) is 23.4 Å². The topological polar surface area (TPSA) is 35.2 Å². The highest BCUT2D eigenvalue weighted by Gasteiger charge is 2.10. The van der Waals surface area contributed by atoms with Crippen LogP contribution in [0.5, 0.6) is 5.75 Å². The minimum absolute atomic E-state index is 0.394. The van der Waals surface area contributed by atoms with E-state index in [9.17, 15) is 0 Å². The van der Waals surface area contributed by atoms with Crippen molar-refractivity contribution >= 4 is 5.69 Å². The molecule has 0 aromatic heterocycles.